The van der Waals surface area contributed by atoms with Crippen molar-refractivity contribution in [3.63, 3.8) is 0 Å². The highest BCUT2D eigenvalue weighted by atomic mass is 16.5. The molecule has 0 heterocycles. The Morgan fingerprint density at radius 2 is 1.74 bits per heavy atom. The first-order chi connectivity index (χ1) is 14.9. The van der Waals surface area contributed by atoms with Gasteiger partial charge in [-0.05, 0) is 62.1 Å². The van der Waals surface area contributed by atoms with Crippen molar-refractivity contribution in [3.05, 3.63) is 53.6 Å². The first kappa shape index (κ1) is 22.7. The molecule has 0 radical (unpaired) electrons. The van der Waals surface area contributed by atoms with Gasteiger partial charge < -0.3 is 19.5 Å². The number of carbonyl (C=O) groups is 2. The number of benzene rings is 2. The first-order valence-electron chi connectivity index (χ1n) is 10.8. The fraction of sp³-hybridized carbons (Fsp3) is 0.440. The molecule has 0 unspecified atom stereocenters. The highest BCUT2D eigenvalue weighted by Crippen LogP contribution is 2.42. The van der Waals surface area contributed by atoms with Gasteiger partial charge in [-0.2, -0.15) is 0 Å². The van der Waals surface area contributed by atoms with E-state index in [1.54, 1.807) is 25.3 Å². The minimum Gasteiger partial charge on any atom is -0.497 e. The van der Waals surface area contributed by atoms with Crippen LogP contribution in [0.25, 0.3) is 0 Å². The van der Waals surface area contributed by atoms with E-state index >= 15 is 0 Å². The second-order valence-electron chi connectivity index (χ2n) is 8.01. The molecule has 1 fully saturated rings. The maximum absolute atomic E-state index is 13.5. The second kappa shape index (κ2) is 9.86. The van der Waals surface area contributed by atoms with Crippen molar-refractivity contribution in [1.82, 2.24) is 0 Å². The number of methoxy groups -OCH3 is 2. The van der Waals surface area contributed by atoms with Crippen LogP contribution in [-0.4, -0.2) is 32.2 Å². The van der Waals surface area contributed by atoms with Gasteiger partial charge in [-0.3, -0.25) is 4.79 Å². The molecule has 0 saturated heterocycles. The molecule has 0 aromatic heterocycles. The van der Waals surface area contributed by atoms with E-state index in [4.69, 9.17) is 14.2 Å². The van der Waals surface area contributed by atoms with E-state index in [2.05, 4.69) is 5.32 Å². The molecule has 0 spiro atoms. The maximum Gasteiger partial charge on any atom is 0.341 e. The van der Waals surface area contributed by atoms with E-state index < -0.39 is 11.4 Å². The van der Waals surface area contributed by atoms with E-state index in [-0.39, 0.29) is 12.0 Å². The minimum absolute atomic E-state index is 0.0410. The molecule has 3 rings (SSSR count). The van der Waals surface area contributed by atoms with Crippen LogP contribution in [-0.2, 0) is 14.9 Å². The summed E-state index contributed by atoms with van der Waals surface area (Å²) in [5.74, 6) is 0.642. The molecule has 1 saturated carbocycles. The van der Waals surface area contributed by atoms with E-state index in [0.717, 1.165) is 43.4 Å². The number of anilines is 1. The Hall–Kier alpha value is -3.02. The van der Waals surface area contributed by atoms with Gasteiger partial charge in [0.2, 0.25) is 5.91 Å². The summed E-state index contributed by atoms with van der Waals surface area (Å²) in [6, 6.07) is 12.8. The lowest BCUT2D eigenvalue weighted by Crippen LogP contribution is -2.38. The molecule has 0 bridgehead atoms. The molecule has 0 aliphatic heterocycles. The fourth-order valence-corrected chi connectivity index (χ4v) is 4.07. The molecule has 1 aliphatic carbocycles. The second-order valence-corrected chi connectivity index (χ2v) is 8.01. The van der Waals surface area contributed by atoms with Gasteiger partial charge in [-0.25, -0.2) is 4.79 Å². The van der Waals surface area contributed by atoms with Crippen molar-refractivity contribution in [3.8, 4) is 11.5 Å². The maximum atomic E-state index is 13.5. The predicted octanol–water partition coefficient (Wildman–Crippen LogP) is 5.11. The van der Waals surface area contributed by atoms with Crippen LogP contribution in [0.3, 0.4) is 0 Å². The van der Waals surface area contributed by atoms with E-state index in [9.17, 15) is 9.59 Å². The summed E-state index contributed by atoms with van der Waals surface area (Å²) in [6.07, 6.45) is 4.32. The van der Waals surface area contributed by atoms with Crippen LogP contribution in [0, 0.1) is 0 Å². The van der Waals surface area contributed by atoms with Gasteiger partial charge in [0.25, 0.3) is 0 Å². The number of amides is 1. The molecular formula is C25H31NO5. The average molecular weight is 426 g/mol. The Morgan fingerprint density at radius 3 is 2.32 bits per heavy atom. The molecule has 2 aromatic carbocycles. The van der Waals surface area contributed by atoms with Gasteiger partial charge in [0.05, 0.1) is 25.7 Å². The standard InChI is InChI=1S/C25H31NO5/c1-5-17(2)31-22-13-10-19(16-21(22)23(27)30-4)26-24(28)25(14-6-7-15-25)18-8-11-20(29-3)12-9-18/h8-13,16-17H,5-7,14-15H2,1-4H3,(H,26,28)/t17-/m0/s1. The highest BCUT2D eigenvalue weighted by Gasteiger charge is 2.42. The Kier molecular flexibility index (Phi) is 7.21. The lowest BCUT2D eigenvalue weighted by atomic mass is 9.78. The quantitative estimate of drug-likeness (QED) is 0.595. The third-order valence-corrected chi connectivity index (χ3v) is 6.08. The van der Waals surface area contributed by atoms with Gasteiger partial charge in [0.1, 0.15) is 17.1 Å². The van der Waals surface area contributed by atoms with Crippen molar-refractivity contribution in [2.75, 3.05) is 19.5 Å². The Morgan fingerprint density at radius 1 is 1.06 bits per heavy atom. The van der Waals surface area contributed by atoms with Crippen LogP contribution in [0.1, 0.15) is 61.9 Å². The van der Waals surface area contributed by atoms with Gasteiger partial charge in [0, 0.05) is 5.69 Å². The molecule has 6 nitrogen and oxygen atoms in total. The van der Waals surface area contributed by atoms with Crippen molar-refractivity contribution >= 4 is 17.6 Å². The van der Waals surface area contributed by atoms with Crippen LogP contribution in [0.2, 0.25) is 0 Å². The van der Waals surface area contributed by atoms with Crippen molar-refractivity contribution in [1.29, 1.82) is 0 Å². The average Bonchev–Trinajstić information content (AvgIpc) is 3.30. The smallest absolute Gasteiger partial charge is 0.341 e. The first-order valence-corrected chi connectivity index (χ1v) is 10.8. The Bertz CT molecular complexity index is 916. The molecule has 1 amide bonds. The van der Waals surface area contributed by atoms with Gasteiger partial charge in [-0.1, -0.05) is 31.9 Å². The van der Waals surface area contributed by atoms with E-state index in [1.165, 1.54) is 7.11 Å². The number of ether oxygens (including phenoxy) is 3. The summed E-state index contributed by atoms with van der Waals surface area (Å²) in [4.78, 5) is 25.8. The summed E-state index contributed by atoms with van der Waals surface area (Å²) >= 11 is 0. The zero-order valence-corrected chi connectivity index (χ0v) is 18.7. The zero-order valence-electron chi connectivity index (χ0n) is 18.7. The minimum atomic E-state index is -0.594. The molecule has 1 aliphatic rings. The van der Waals surface area contributed by atoms with Crippen molar-refractivity contribution in [2.45, 2.75) is 57.5 Å². The van der Waals surface area contributed by atoms with Gasteiger partial charge in [0.15, 0.2) is 0 Å². The summed E-state index contributed by atoms with van der Waals surface area (Å²) in [5.41, 5.74) is 1.23. The number of esters is 1. The zero-order chi connectivity index (χ0) is 22.4. The molecular weight excluding hydrogens is 394 g/mol. The number of nitrogens with one attached hydrogen (secondary N) is 1. The van der Waals surface area contributed by atoms with Gasteiger partial charge >= 0.3 is 5.97 Å². The summed E-state index contributed by atoms with van der Waals surface area (Å²) in [7, 11) is 2.96. The molecule has 1 N–H and O–H groups in total. The highest BCUT2D eigenvalue weighted by molar-refractivity contribution is 6.01. The number of hydrogen-bond acceptors (Lipinski definition) is 5. The molecule has 6 heteroatoms. The third kappa shape index (κ3) is 4.84. The van der Waals surface area contributed by atoms with Crippen LogP contribution < -0.4 is 14.8 Å². The van der Waals surface area contributed by atoms with E-state index in [1.807, 2.05) is 38.1 Å². The summed E-state index contributed by atoms with van der Waals surface area (Å²) < 4.78 is 16.0. The van der Waals surface area contributed by atoms with Crippen LogP contribution in [0.15, 0.2) is 42.5 Å². The SMILES string of the molecule is CC[C@H](C)Oc1ccc(NC(=O)C2(c3ccc(OC)cc3)CCCC2)cc1C(=O)OC. The third-order valence-electron chi connectivity index (χ3n) is 6.08. The predicted molar refractivity (Wildman–Crippen MR) is 120 cm³/mol. The normalized spacial score (nSPS) is 15.7. The monoisotopic (exact) mass is 425 g/mol. The number of rotatable bonds is 8. The van der Waals surface area contributed by atoms with Crippen LogP contribution >= 0.6 is 0 Å². The van der Waals surface area contributed by atoms with Crippen LogP contribution in [0.4, 0.5) is 5.69 Å². The van der Waals surface area contributed by atoms with Crippen molar-refractivity contribution in [2.24, 2.45) is 0 Å². The largest absolute Gasteiger partial charge is 0.497 e. The number of hydrogen-bond donors (Lipinski definition) is 1. The Balaban J connectivity index is 1.88. The number of carbonyl (C=O) groups excluding carboxylic acids is 2. The van der Waals surface area contributed by atoms with Crippen LogP contribution in [0.5, 0.6) is 11.5 Å². The summed E-state index contributed by atoms with van der Waals surface area (Å²) in [5, 5.41) is 3.03. The van der Waals surface area contributed by atoms with Gasteiger partial charge in [-0.15, -0.1) is 0 Å². The lowest BCUT2D eigenvalue weighted by Gasteiger charge is -2.28. The molecule has 2 aromatic rings. The molecule has 31 heavy (non-hydrogen) atoms. The Labute approximate surface area is 183 Å². The van der Waals surface area contributed by atoms with E-state index in [0.29, 0.717) is 17.0 Å². The lowest BCUT2D eigenvalue weighted by molar-refractivity contribution is -0.121. The summed E-state index contributed by atoms with van der Waals surface area (Å²) in [6.45, 7) is 3.95. The molecule has 1 atom stereocenters. The topological polar surface area (TPSA) is 73.9 Å². The van der Waals surface area contributed by atoms with Crippen molar-refractivity contribution < 1.29 is 23.8 Å². The molecule has 166 valence electrons. The fourth-order valence-electron chi connectivity index (χ4n) is 4.07.